The van der Waals surface area contributed by atoms with E-state index in [4.69, 9.17) is 11.6 Å². The van der Waals surface area contributed by atoms with Crippen LogP contribution in [0, 0.1) is 0 Å². The summed E-state index contributed by atoms with van der Waals surface area (Å²) < 4.78 is 2.15. The second kappa shape index (κ2) is 8.92. The van der Waals surface area contributed by atoms with E-state index in [2.05, 4.69) is 22.9 Å². The molecule has 1 fully saturated rings. The van der Waals surface area contributed by atoms with E-state index in [1.807, 2.05) is 29.3 Å². The molecule has 2 amide bonds. The van der Waals surface area contributed by atoms with Crippen molar-refractivity contribution in [3.63, 3.8) is 0 Å². The molecular weight excluding hydrogens is 398 g/mol. The molecule has 0 radical (unpaired) electrons. The Hall–Kier alpha value is -2.79. The first-order valence-corrected chi connectivity index (χ1v) is 10.9. The Kier molecular flexibility index (Phi) is 6.09. The van der Waals surface area contributed by atoms with Gasteiger partial charge in [-0.25, -0.2) is 0 Å². The third-order valence-electron chi connectivity index (χ3n) is 5.69. The van der Waals surface area contributed by atoms with Crippen LogP contribution in [0.2, 0.25) is 5.02 Å². The monoisotopic (exact) mass is 423 g/mol. The first-order chi connectivity index (χ1) is 14.6. The number of fused-ring (bicyclic) bond motifs is 1. The standard InChI is InChI=1S/C24H26ClN3O2/c1-2-27-16-17(19-8-4-5-9-22(19)27)14-23(29)26-18-10-11-20(21(25)15-18)24(30)28-12-6-3-7-13-28/h4-5,8-11,15-16H,2-3,6-7,12-14H2,1H3,(H,26,29). The summed E-state index contributed by atoms with van der Waals surface area (Å²) in [6, 6.07) is 13.2. The summed E-state index contributed by atoms with van der Waals surface area (Å²) in [5.41, 5.74) is 3.21. The molecule has 30 heavy (non-hydrogen) atoms. The van der Waals surface area contributed by atoms with Crippen LogP contribution < -0.4 is 5.32 Å². The van der Waals surface area contributed by atoms with Crippen LogP contribution in [0.15, 0.2) is 48.7 Å². The Labute approximate surface area is 181 Å². The number of halogens is 1. The maximum Gasteiger partial charge on any atom is 0.255 e. The van der Waals surface area contributed by atoms with E-state index in [-0.39, 0.29) is 18.2 Å². The van der Waals surface area contributed by atoms with Gasteiger partial charge in [0, 0.05) is 42.4 Å². The predicted molar refractivity (Wildman–Crippen MR) is 121 cm³/mol. The summed E-state index contributed by atoms with van der Waals surface area (Å²) in [5, 5.41) is 4.37. The number of anilines is 1. The zero-order valence-corrected chi connectivity index (χ0v) is 17.9. The Bertz CT molecular complexity index is 1080. The molecule has 1 N–H and O–H groups in total. The Morgan fingerprint density at radius 3 is 2.57 bits per heavy atom. The molecule has 1 aromatic heterocycles. The largest absolute Gasteiger partial charge is 0.347 e. The van der Waals surface area contributed by atoms with Gasteiger partial charge in [-0.1, -0.05) is 29.8 Å². The van der Waals surface area contributed by atoms with Crippen LogP contribution in [0.4, 0.5) is 5.69 Å². The molecule has 156 valence electrons. The number of nitrogens with one attached hydrogen (secondary N) is 1. The van der Waals surface area contributed by atoms with Gasteiger partial charge in [0.15, 0.2) is 0 Å². The normalized spacial score (nSPS) is 14.1. The third kappa shape index (κ3) is 4.21. The van der Waals surface area contributed by atoms with Gasteiger partial charge in [0.1, 0.15) is 0 Å². The number of hydrogen-bond acceptors (Lipinski definition) is 2. The average Bonchev–Trinajstić information content (AvgIpc) is 3.11. The number of para-hydroxylation sites is 1. The summed E-state index contributed by atoms with van der Waals surface area (Å²) in [7, 11) is 0. The van der Waals surface area contributed by atoms with Crippen LogP contribution in [0.3, 0.4) is 0 Å². The molecule has 3 aromatic rings. The van der Waals surface area contributed by atoms with Crippen molar-refractivity contribution in [3.8, 4) is 0 Å². The zero-order chi connectivity index (χ0) is 21.1. The number of benzene rings is 2. The molecule has 0 saturated carbocycles. The van der Waals surface area contributed by atoms with Gasteiger partial charge in [-0.3, -0.25) is 9.59 Å². The second-order valence-corrected chi connectivity index (χ2v) is 8.14. The van der Waals surface area contributed by atoms with Gasteiger partial charge in [0.05, 0.1) is 17.0 Å². The number of hydrogen-bond donors (Lipinski definition) is 1. The molecule has 2 heterocycles. The lowest BCUT2D eigenvalue weighted by Gasteiger charge is -2.27. The quantitative estimate of drug-likeness (QED) is 0.619. The molecule has 0 spiro atoms. The summed E-state index contributed by atoms with van der Waals surface area (Å²) in [4.78, 5) is 27.2. The minimum absolute atomic E-state index is 0.0371. The molecule has 1 aliphatic heterocycles. The first kappa shape index (κ1) is 20.5. The Morgan fingerprint density at radius 1 is 1.07 bits per heavy atom. The lowest BCUT2D eigenvalue weighted by Crippen LogP contribution is -2.35. The third-order valence-corrected chi connectivity index (χ3v) is 6.00. The number of amides is 2. The van der Waals surface area contributed by atoms with Crippen LogP contribution in [0.5, 0.6) is 0 Å². The van der Waals surface area contributed by atoms with Crippen molar-refractivity contribution < 1.29 is 9.59 Å². The molecular formula is C24H26ClN3O2. The fraction of sp³-hybridized carbons (Fsp3) is 0.333. The highest BCUT2D eigenvalue weighted by molar-refractivity contribution is 6.34. The van der Waals surface area contributed by atoms with Gasteiger partial charge >= 0.3 is 0 Å². The zero-order valence-electron chi connectivity index (χ0n) is 17.2. The highest BCUT2D eigenvalue weighted by Crippen LogP contribution is 2.25. The summed E-state index contributed by atoms with van der Waals surface area (Å²) >= 11 is 6.39. The fourth-order valence-corrected chi connectivity index (χ4v) is 4.40. The minimum Gasteiger partial charge on any atom is -0.347 e. The molecule has 5 nitrogen and oxygen atoms in total. The Morgan fingerprint density at radius 2 is 1.83 bits per heavy atom. The molecule has 0 bridgehead atoms. The lowest BCUT2D eigenvalue weighted by molar-refractivity contribution is -0.115. The van der Waals surface area contributed by atoms with E-state index < -0.39 is 0 Å². The van der Waals surface area contributed by atoms with Gasteiger partial charge in [-0.2, -0.15) is 0 Å². The van der Waals surface area contributed by atoms with E-state index in [0.717, 1.165) is 48.9 Å². The molecule has 6 heteroatoms. The van der Waals surface area contributed by atoms with Crippen LogP contribution in [-0.2, 0) is 17.8 Å². The van der Waals surface area contributed by atoms with Crippen LogP contribution in [0.25, 0.3) is 10.9 Å². The van der Waals surface area contributed by atoms with E-state index in [1.54, 1.807) is 18.2 Å². The number of aromatic nitrogens is 1. The number of aryl methyl sites for hydroxylation is 1. The number of carbonyl (C=O) groups excluding carboxylic acids is 2. The van der Waals surface area contributed by atoms with Gasteiger partial charge in [0.25, 0.3) is 5.91 Å². The SMILES string of the molecule is CCn1cc(CC(=O)Nc2ccc(C(=O)N3CCCCC3)c(Cl)c2)c2ccccc21. The molecule has 4 rings (SSSR count). The van der Waals surface area contributed by atoms with Gasteiger partial charge in [0.2, 0.25) is 5.91 Å². The summed E-state index contributed by atoms with van der Waals surface area (Å²) in [6.07, 6.45) is 5.55. The fourth-order valence-electron chi connectivity index (χ4n) is 4.14. The molecule has 2 aromatic carbocycles. The van der Waals surface area contributed by atoms with Gasteiger partial charge < -0.3 is 14.8 Å². The lowest BCUT2D eigenvalue weighted by atomic mass is 10.1. The van der Waals surface area contributed by atoms with Crippen molar-refractivity contribution in [1.82, 2.24) is 9.47 Å². The van der Waals surface area contributed by atoms with E-state index in [0.29, 0.717) is 16.3 Å². The number of piperidine rings is 1. The van der Waals surface area contributed by atoms with Gasteiger partial charge in [-0.15, -0.1) is 0 Å². The van der Waals surface area contributed by atoms with Crippen molar-refractivity contribution in [2.75, 3.05) is 18.4 Å². The first-order valence-electron chi connectivity index (χ1n) is 10.5. The molecule has 0 unspecified atom stereocenters. The number of likely N-dealkylation sites (tertiary alicyclic amines) is 1. The van der Waals surface area contributed by atoms with E-state index in [1.165, 1.54) is 6.42 Å². The predicted octanol–water partition coefficient (Wildman–Crippen LogP) is 5.12. The second-order valence-electron chi connectivity index (χ2n) is 7.73. The highest BCUT2D eigenvalue weighted by atomic mass is 35.5. The Balaban J connectivity index is 1.46. The topological polar surface area (TPSA) is 54.3 Å². The van der Waals surface area contributed by atoms with Crippen molar-refractivity contribution in [2.24, 2.45) is 0 Å². The summed E-state index contributed by atoms with van der Waals surface area (Å²) in [5.74, 6) is -0.148. The van der Waals surface area contributed by atoms with Crippen molar-refractivity contribution >= 4 is 40.0 Å². The molecule has 1 saturated heterocycles. The van der Waals surface area contributed by atoms with Gasteiger partial charge in [-0.05, 0) is 56.0 Å². The van der Waals surface area contributed by atoms with Crippen LogP contribution in [-0.4, -0.2) is 34.4 Å². The van der Waals surface area contributed by atoms with Crippen molar-refractivity contribution in [1.29, 1.82) is 0 Å². The maximum atomic E-state index is 12.7. The van der Waals surface area contributed by atoms with Crippen molar-refractivity contribution in [3.05, 3.63) is 64.8 Å². The molecule has 0 atom stereocenters. The minimum atomic E-state index is -0.111. The van der Waals surface area contributed by atoms with Crippen LogP contribution >= 0.6 is 11.6 Å². The van der Waals surface area contributed by atoms with Crippen LogP contribution in [0.1, 0.15) is 42.1 Å². The highest BCUT2D eigenvalue weighted by Gasteiger charge is 2.21. The maximum absolute atomic E-state index is 12.7. The van der Waals surface area contributed by atoms with E-state index in [9.17, 15) is 9.59 Å². The number of nitrogens with zero attached hydrogens (tertiary/aromatic N) is 2. The average molecular weight is 424 g/mol. The van der Waals surface area contributed by atoms with Crippen molar-refractivity contribution in [2.45, 2.75) is 39.2 Å². The molecule has 0 aliphatic carbocycles. The smallest absolute Gasteiger partial charge is 0.255 e. The summed E-state index contributed by atoms with van der Waals surface area (Å²) in [6.45, 7) is 4.49. The van der Waals surface area contributed by atoms with E-state index >= 15 is 0 Å². The number of rotatable bonds is 5. The molecule has 1 aliphatic rings. The number of carbonyl (C=O) groups is 2.